The van der Waals surface area contributed by atoms with Crippen molar-refractivity contribution in [3.63, 3.8) is 0 Å². The molecule has 5 nitrogen and oxygen atoms in total. The van der Waals surface area contributed by atoms with Crippen LogP contribution >= 0.6 is 0 Å². The SMILES string of the molecule is Nc1cc(NCC(F)F)cc(S(N)(=O)=O)c1. The molecule has 90 valence electrons. The van der Waals surface area contributed by atoms with Gasteiger partial charge in [-0.05, 0) is 18.2 Å². The molecule has 1 rings (SSSR count). The number of nitrogens with one attached hydrogen (secondary N) is 1. The minimum atomic E-state index is -3.89. The highest BCUT2D eigenvalue weighted by molar-refractivity contribution is 7.89. The summed E-state index contributed by atoms with van der Waals surface area (Å²) in [6.45, 7) is -0.590. The van der Waals surface area contributed by atoms with Gasteiger partial charge in [-0.2, -0.15) is 0 Å². The number of halogens is 2. The lowest BCUT2D eigenvalue weighted by atomic mass is 10.3. The number of nitrogen functional groups attached to an aromatic ring is 1. The van der Waals surface area contributed by atoms with Crippen LogP contribution in [0, 0.1) is 0 Å². The third kappa shape index (κ3) is 3.63. The van der Waals surface area contributed by atoms with Crippen molar-refractivity contribution >= 4 is 21.4 Å². The van der Waals surface area contributed by atoms with Gasteiger partial charge in [0.05, 0.1) is 11.4 Å². The number of rotatable bonds is 4. The summed E-state index contributed by atoms with van der Waals surface area (Å²) in [5.41, 5.74) is 5.73. The molecule has 0 saturated carbocycles. The van der Waals surface area contributed by atoms with Gasteiger partial charge in [0, 0.05) is 11.4 Å². The summed E-state index contributed by atoms with van der Waals surface area (Å²) in [5.74, 6) is 0. The van der Waals surface area contributed by atoms with Gasteiger partial charge in [-0.3, -0.25) is 0 Å². The van der Waals surface area contributed by atoms with E-state index in [1.54, 1.807) is 0 Å². The van der Waals surface area contributed by atoms with E-state index < -0.39 is 23.0 Å². The Balaban J connectivity index is 3.00. The number of primary sulfonamides is 1. The first-order valence-electron chi connectivity index (χ1n) is 4.24. The van der Waals surface area contributed by atoms with Crippen LogP contribution in [0.4, 0.5) is 20.2 Å². The van der Waals surface area contributed by atoms with Crippen LogP contribution in [0.5, 0.6) is 0 Å². The Morgan fingerprint density at radius 2 is 1.94 bits per heavy atom. The van der Waals surface area contributed by atoms with Crippen LogP contribution in [-0.2, 0) is 10.0 Å². The lowest BCUT2D eigenvalue weighted by Crippen LogP contribution is -2.14. The number of hydrogen-bond acceptors (Lipinski definition) is 4. The summed E-state index contributed by atoms with van der Waals surface area (Å²) in [7, 11) is -3.89. The maximum absolute atomic E-state index is 11.9. The van der Waals surface area contributed by atoms with Crippen LogP contribution in [-0.4, -0.2) is 21.4 Å². The highest BCUT2D eigenvalue weighted by Crippen LogP contribution is 2.19. The van der Waals surface area contributed by atoms with Crippen molar-refractivity contribution in [2.45, 2.75) is 11.3 Å². The van der Waals surface area contributed by atoms with Gasteiger partial charge in [-0.25, -0.2) is 22.3 Å². The first-order chi connectivity index (χ1) is 7.29. The van der Waals surface area contributed by atoms with E-state index in [-0.39, 0.29) is 16.3 Å². The normalized spacial score (nSPS) is 11.8. The number of alkyl halides is 2. The zero-order chi connectivity index (χ0) is 12.3. The molecule has 0 bridgehead atoms. The first kappa shape index (κ1) is 12.7. The minimum absolute atomic E-state index is 0.128. The topological polar surface area (TPSA) is 98.2 Å². The third-order valence-corrected chi connectivity index (χ3v) is 2.61. The van der Waals surface area contributed by atoms with Gasteiger partial charge in [0.1, 0.15) is 0 Å². The molecule has 0 fully saturated rings. The average Bonchev–Trinajstić information content (AvgIpc) is 2.12. The molecule has 0 aliphatic rings. The molecule has 0 spiro atoms. The molecule has 0 heterocycles. The maximum Gasteiger partial charge on any atom is 0.255 e. The predicted molar refractivity (Wildman–Crippen MR) is 56.7 cm³/mol. The van der Waals surface area contributed by atoms with Crippen molar-refractivity contribution in [1.82, 2.24) is 0 Å². The van der Waals surface area contributed by atoms with Crippen LogP contribution in [0.1, 0.15) is 0 Å². The smallest absolute Gasteiger partial charge is 0.255 e. The Kier molecular flexibility index (Phi) is 3.66. The fourth-order valence-electron chi connectivity index (χ4n) is 1.08. The van der Waals surface area contributed by atoms with Crippen LogP contribution in [0.15, 0.2) is 23.1 Å². The van der Waals surface area contributed by atoms with E-state index in [0.29, 0.717) is 0 Å². The van der Waals surface area contributed by atoms with Gasteiger partial charge in [0.15, 0.2) is 0 Å². The van der Waals surface area contributed by atoms with Crippen molar-refractivity contribution in [2.24, 2.45) is 5.14 Å². The fourth-order valence-corrected chi connectivity index (χ4v) is 1.68. The van der Waals surface area contributed by atoms with Crippen LogP contribution in [0.25, 0.3) is 0 Å². The molecular formula is C8H11F2N3O2S. The van der Waals surface area contributed by atoms with E-state index >= 15 is 0 Å². The second-order valence-electron chi connectivity index (χ2n) is 3.11. The summed E-state index contributed by atoms with van der Waals surface area (Å²) >= 11 is 0. The lowest BCUT2D eigenvalue weighted by molar-refractivity contribution is 0.163. The number of benzene rings is 1. The van der Waals surface area contributed by atoms with Gasteiger partial charge in [-0.1, -0.05) is 0 Å². The summed E-state index contributed by atoms with van der Waals surface area (Å²) < 4.78 is 45.9. The molecule has 0 amide bonds. The second kappa shape index (κ2) is 4.62. The van der Waals surface area contributed by atoms with Gasteiger partial charge in [0.25, 0.3) is 6.43 Å². The predicted octanol–water partition coefficient (Wildman–Crippen LogP) is 0.593. The molecule has 5 N–H and O–H groups in total. The molecule has 16 heavy (non-hydrogen) atoms. The van der Waals surface area contributed by atoms with Crippen LogP contribution < -0.4 is 16.2 Å². The van der Waals surface area contributed by atoms with Crippen molar-refractivity contribution < 1.29 is 17.2 Å². The molecule has 0 atom stereocenters. The largest absolute Gasteiger partial charge is 0.399 e. The zero-order valence-corrected chi connectivity index (χ0v) is 8.97. The second-order valence-corrected chi connectivity index (χ2v) is 4.67. The number of sulfonamides is 1. The standard InChI is InChI=1S/C8H11F2N3O2S/c9-8(10)4-13-6-1-5(11)2-7(3-6)16(12,14)15/h1-3,8,13H,4,11H2,(H2,12,14,15). The van der Waals surface area contributed by atoms with Crippen molar-refractivity contribution in [2.75, 3.05) is 17.6 Å². The van der Waals surface area contributed by atoms with Crippen LogP contribution in [0.3, 0.4) is 0 Å². The van der Waals surface area contributed by atoms with Crippen LogP contribution in [0.2, 0.25) is 0 Å². The molecule has 0 radical (unpaired) electrons. The Morgan fingerprint density at radius 1 is 1.31 bits per heavy atom. The monoisotopic (exact) mass is 251 g/mol. The van der Waals surface area contributed by atoms with Crippen molar-refractivity contribution in [1.29, 1.82) is 0 Å². The van der Waals surface area contributed by atoms with Gasteiger partial charge >= 0.3 is 0 Å². The molecule has 0 unspecified atom stereocenters. The summed E-state index contributed by atoms with van der Waals surface area (Å²) in [4.78, 5) is -0.218. The molecule has 0 aliphatic carbocycles. The van der Waals surface area contributed by atoms with Gasteiger partial charge < -0.3 is 11.1 Å². The quantitative estimate of drug-likeness (QED) is 0.682. The minimum Gasteiger partial charge on any atom is -0.399 e. The van der Waals surface area contributed by atoms with E-state index in [1.807, 2.05) is 0 Å². The molecule has 0 aliphatic heterocycles. The molecule has 0 saturated heterocycles. The molecule has 1 aromatic carbocycles. The van der Waals surface area contributed by atoms with Gasteiger partial charge in [0.2, 0.25) is 10.0 Å². The number of anilines is 2. The van der Waals surface area contributed by atoms with E-state index in [1.165, 1.54) is 6.07 Å². The summed E-state index contributed by atoms with van der Waals surface area (Å²) in [6, 6.07) is 3.65. The van der Waals surface area contributed by atoms with E-state index in [0.717, 1.165) is 12.1 Å². The zero-order valence-electron chi connectivity index (χ0n) is 8.15. The number of hydrogen-bond donors (Lipinski definition) is 3. The molecule has 8 heteroatoms. The lowest BCUT2D eigenvalue weighted by Gasteiger charge is -2.08. The van der Waals surface area contributed by atoms with Crippen molar-refractivity contribution in [3.05, 3.63) is 18.2 Å². The van der Waals surface area contributed by atoms with Gasteiger partial charge in [-0.15, -0.1) is 0 Å². The molecule has 1 aromatic rings. The summed E-state index contributed by atoms with van der Waals surface area (Å²) in [5, 5.41) is 7.24. The third-order valence-electron chi connectivity index (χ3n) is 1.72. The maximum atomic E-state index is 11.9. The van der Waals surface area contributed by atoms with E-state index in [4.69, 9.17) is 10.9 Å². The average molecular weight is 251 g/mol. The molecule has 0 aromatic heterocycles. The Bertz CT molecular complexity index is 476. The van der Waals surface area contributed by atoms with Crippen molar-refractivity contribution in [3.8, 4) is 0 Å². The Morgan fingerprint density at radius 3 is 2.44 bits per heavy atom. The highest BCUT2D eigenvalue weighted by atomic mass is 32.2. The summed E-state index contributed by atoms with van der Waals surface area (Å²) in [6.07, 6.45) is -2.54. The molecular weight excluding hydrogens is 240 g/mol. The number of nitrogens with two attached hydrogens (primary N) is 2. The van der Waals surface area contributed by atoms with E-state index in [2.05, 4.69) is 5.32 Å². The fraction of sp³-hybridized carbons (Fsp3) is 0.250. The highest BCUT2D eigenvalue weighted by Gasteiger charge is 2.10. The Labute approximate surface area is 91.5 Å². The Hall–Kier alpha value is -1.41. The van der Waals surface area contributed by atoms with E-state index in [9.17, 15) is 17.2 Å². The first-order valence-corrected chi connectivity index (χ1v) is 5.79.